The van der Waals surface area contributed by atoms with Crippen LogP contribution in [0.3, 0.4) is 0 Å². The molecule has 0 aliphatic heterocycles. The van der Waals surface area contributed by atoms with Crippen molar-refractivity contribution in [2.24, 2.45) is 0 Å². The van der Waals surface area contributed by atoms with Gasteiger partial charge < -0.3 is 0 Å². The lowest BCUT2D eigenvalue weighted by atomic mass is 10.1. The van der Waals surface area contributed by atoms with E-state index in [1.807, 2.05) is 0 Å². The summed E-state index contributed by atoms with van der Waals surface area (Å²) in [6, 6.07) is 4.09. The first kappa shape index (κ1) is 8.39. The normalized spacial score (nSPS) is 9.42. The Balaban J connectivity index is 3.22. The zero-order valence-electron chi connectivity index (χ0n) is 6.40. The maximum absolute atomic E-state index is 10.3. The molecule has 4 nitrogen and oxygen atoms in total. The number of nitro benzene ring substituents is 1. The van der Waals surface area contributed by atoms with Crippen LogP contribution in [0.2, 0.25) is 0 Å². The van der Waals surface area contributed by atoms with Gasteiger partial charge in [0.2, 0.25) is 6.29 Å². The Morgan fingerprint density at radius 2 is 2.17 bits per heavy atom. The predicted molar refractivity (Wildman–Crippen MR) is 42.6 cm³/mol. The summed E-state index contributed by atoms with van der Waals surface area (Å²) in [7, 11) is 0. The van der Waals surface area contributed by atoms with E-state index in [2.05, 4.69) is 0 Å². The van der Waals surface area contributed by atoms with Gasteiger partial charge in [-0.2, -0.15) is 0 Å². The number of hydrogen-bond donors (Lipinski definition) is 0. The van der Waals surface area contributed by atoms with E-state index >= 15 is 0 Å². The van der Waals surface area contributed by atoms with Crippen LogP contribution >= 0.6 is 0 Å². The second kappa shape index (κ2) is 3.13. The first-order valence-electron chi connectivity index (χ1n) is 3.28. The summed E-state index contributed by atoms with van der Waals surface area (Å²) >= 11 is 0. The van der Waals surface area contributed by atoms with Crippen molar-refractivity contribution in [1.29, 1.82) is 0 Å². The minimum atomic E-state index is -0.541. The lowest BCUT2D eigenvalue weighted by molar-refractivity contribution is -0.384. The molecule has 0 atom stereocenters. The fourth-order valence-electron chi connectivity index (χ4n) is 0.834. The predicted octanol–water partition coefficient (Wildman–Crippen LogP) is 1.36. The number of rotatable bonds is 2. The van der Waals surface area contributed by atoms with Crippen LogP contribution < -0.4 is 0 Å². The van der Waals surface area contributed by atoms with Gasteiger partial charge >= 0.3 is 0 Å². The molecule has 0 bridgehead atoms. The molecule has 12 heavy (non-hydrogen) atoms. The number of aryl methyl sites for hydroxylation is 1. The van der Waals surface area contributed by atoms with Crippen LogP contribution in [0.5, 0.6) is 0 Å². The summed E-state index contributed by atoms with van der Waals surface area (Å²) in [4.78, 5) is 20.0. The van der Waals surface area contributed by atoms with Gasteiger partial charge in [0, 0.05) is 17.7 Å². The molecule has 0 aliphatic rings. The Labute approximate surface area is 69.0 Å². The van der Waals surface area contributed by atoms with Crippen molar-refractivity contribution in [2.45, 2.75) is 6.92 Å². The Hall–Kier alpha value is -1.71. The molecule has 0 saturated carbocycles. The molecule has 0 heterocycles. The molecule has 0 spiro atoms. The van der Waals surface area contributed by atoms with E-state index in [1.54, 1.807) is 13.2 Å². The molecule has 1 radical (unpaired) electrons. The maximum Gasteiger partial charge on any atom is 0.270 e. The second-order valence-corrected chi connectivity index (χ2v) is 2.36. The van der Waals surface area contributed by atoms with Gasteiger partial charge in [0.05, 0.1) is 4.92 Å². The van der Waals surface area contributed by atoms with Gasteiger partial charge in [-0.05, 0) is 12.5 Å². The molecule has 0 saturated heterocycles. The summed E-state index contributed by atoms with van der Waals surface area (Å²) in [6.45, 7) is 1.70. The molecule has 1 aromatic rings. The Kier molecular flexibility index (Phi) is 2.19. The fourth-order valence-corrected chi connectivity index (χ4v) is 0.834. The Morgan fingerprint density at radius 3 is 2.67 bits per heavy atom. The van der Waals surface area contributed by atoms with Crippen LogP contribution in [-0.2, 0) is 4.79 Å². The van der Waals surface area contributed by atoms with E-state index in [9.17, 15) is 14.9 Å². The van der Waals surface area contributed by atoms with Gasteiger partial charge in [0.15, 0.2) is 0 Å². The standard InChI is InChI=1S/C8H6NO3/c1-6-2-3-8(9(11)12)4-7(6)5-10/h2-4H,1H3. The highest BCUT2D eigenvalue weighted by Crippen LogP contribution is 2.15. The van der Waals surface area contributed by atoms with Gasteiger partial charge in [-0.15, -0.1) is 0 Å². The summed E-state index contributed by atoms with van der Waals surface area (Å²) in [5, 5.41) is 10.3. The molecule has 4 heteroatoms. The molecule has 1 rings (SSSR count). The smallest absolute Gasteiger partial charge is 0.270 e. The number of benzene rings is 1. The van der Waals surface area contributed by atoms with Crippen molar-refractivity contribution >= 4 is 12.0 Å². The Morgan fingerprint density at radius 1 is 1.50 bits per heavy atom. The molecular formula is C8H6NO3. The van der Waals surface area contributed by atoms with Crippen LogP contribution in [0.25, 0.3) is 0 Å². The quantitative estimate of drug-likeness (QED) is 0.489. The first-order valence-corrected chi connectivity index (χ1v) is 3.28. The van der Waals surface area contributed by atoms with Crippen molar-refractivity contribution in [2.75, 3.05) is 0 Å². The molecule has 0 fully saturated rings. The average molecular weight is 164 g/mol. The largest absolute Gasteiger partial charge is 0.285 e. The van der Waals surface area contributed by atoms with Crippen molar-refractivity contribution in [1.82, 2.24) is 0 Å². The average Bonchev–Trinajstić information content (AvgIpc) is 2.05. The number of nitro groups is 1. The van der Waals surface area contributed by atoms with Gasteiger partial charge in [-0.25, -0.2) is 0 Å². The Bertz CT molecular complexity index is 333. The van der Waals surface area contributed by atoms with Crippen LogP contribution in [0, 0.1) is 17.0 Å². The summed E-state index contributed by atoms with van der Waals surface area (Å²) < 4.78 is 0. The number of nitrogens with zero attached hydrogens (tertiary/aromatic N) is 1. The monoisotopic (exact) mass is 164 g/mol. The minimum Gasteiger partial charge on any atom is -0.285 e. The van der Waals surface area contributed by atoms with E-state index in [-0.39, 0.29) is 11.3 Å². The summed E-state index contributed by atoms with van der Waals surface area (Å²) in [6.07, 6.45) is 1.64. The van der Waals surface area contributed by atoms with Crippen molar-refractivity contribution in [3.8, 4) is 0 Å². The lowest BCUT2D eigenvalue weighted by Gasteiger charge is -1.95. The summed E-state index contributed by atoms with van der Waals surface area (Å²) in [5.74, 6) is 0. The zero-order chi connectivity index (χ0) is 9.14. The molecule has 0 aromatic heterocycles. The highest BCUT2D eigenvalue weighted by molar-refractivity contribution is 5.78. The fraction of sp³-hybridized carbons (Fsp3) is 0.125. The third kappa shape index (κ3) is 1.47. The zero-order valence-corrected chi connectivity index (χ0v) is 6.40. The van der Waals surface area contributed by atoms with E-state index < -0.39 is 4.92 Å². The molecular weight excluding hydrogens is 158 g/mol. The number of carbonyl (C=O) groups excluding carboxylic acids is 1. The van der Waals surface area contributed by atoms with Crippen molar-refractivity contribution in [3.05, 3.63) is 39.4 Å². The van der Waals surface area contributed by atoms with Gasteiger partial charge in [0.1, 0.15) is 0 Å². The second-order valence-electron chi connectivity index (χ2n) is 2.36. The topological polar surface area (TPSA) is 60.2 Å². The molecule has 0 unspecified atom stereocenters. The van der Waals surface area contributed by atoms with E-state index in [1.165, 1.54) is 18.2 Å². The highest BCUT2D eigenvalue weighted by atomic mass is 16.6. The van der Waals surface area contributed by atoms with Gasteiger partial charge in [-0.3, -0.25) is 14.9 Å². The maximum atomic E-state index is 10.3. The minimum absolute atomic E-state index is 0.0843. The van der Waals surface area contributed by atoms with Crippen LogP contribution in [0.1, 0.15) is 11.1 Å². The summed E-state index contributed by atoms with van der Waals surface area (Å²) in [5.41, 5.74) is 0.846. The molecule has 0 amide bonds. The third-order valence-electron chi connectivity index (χ3n) is 1.54. The van der Waals surface area contributed by atoms with Crippen molar-refractivity contribution in [3.63, 3.8) is 0 Å². The molecule has 61 valence electrons. The SMILES string of the molecule is Cc1ccc([N+](=O)[O-])cc1[C]=O. The number of hydrogen-bond acceptors (Lipinski definition) is 3. The van der Waals surface area contributed by atoms with E-state index in [0.29, 0.717) is 5.56 Å². The van der Waals surface area contributed by atoms with Crippen LogP contribution in [0.4, 0.5) is 5.69 Å². The van der Waals surface area contributed by atoms with E-state index in [0.717, 1.165) is 0 Å². The third-order valence-corrected chi connectivity index (χ3v) is 1.54. The molecule has 1 aromatic carbocycles. The first-order chi connectivity index (χ1) is 5.65. The van der Waals surface area contributed by atoms with Gasteiger partial charge in [-0.1, -0.05) is 6.07 Å². The van der Waals surface area contributed by atoms with E-state index in [4.69, 9.17) is 0 Å². The highest BCUT2D eigenvalue weighted by Gasteiger charge is 2.07. The van der Waals surface area contributed by atoms with Crippen LogP contribution in [-0.4, -0.2) is 11.2 Å². The van der Waals surface area contributed by atoms with Crippen LogP contribution in [0.15, 0.2) is 18.2 Å². The van der Waals surface area contributed by atoms with Crippen molar-refractivity contribution < 1.29 is 9.72 Å². The molecule has 0 aliphatic carbocycles. The number of non-ortho nitro benzene ring substituents is 1. The lowest BCUT2D eigenvalue weighted by Crippen LogP contribution is -1.92. The molecule has 0 N–H and O–H groups in total. The van der Waals surface area contributed by atoms with Gasteiger partial charge in [0.25, 0.3) is 5.69 Å².